The molecule has 1 aromatic heterocycles. The number of hydrogen-bond acceptors (Lipinski definition) is 3. The first kappa shape index (κ1) is 12.6. The summed E-state index contributed by atoms with van der Waals surface area (Å²) in [6.45, 7) is 1.84. The smallest absolute Gasteiger partial charge is 0.240 e. The lowest BCUT2D eigenvalue weighted by molar-refractivity contribution is -0.132. The lowest BCUT2D eigenvalue weighted by Crippen LogP contribution is -2.41. The Bertz CT molecular complexity index is 444. The first-order valence-corrected chi connectivity index (χ1v) is 7.16. The van der Waals surface area contributed by atoms with E-state index in [9.17, 15) is 4.79 Å². The fourth-order valence-electron chi connectivity index (χ4n) is 2.84. The number of carbonyl (C=O) groups is 1. The number of likely N-dealkylation sites (tertiary alicyclic amines) is 1. The van der Waals surface area contributed by atoms with Crippen molar-refractivity contribution < 1.29 is 4.79 Å². The summed E-state index contributed by atoms with van der Waals surface area (Å²) in [5.74, 6) is 0.339. The van der Waals surface area contributed by atoms with Crippen molar-refractivity contribution in [2.45, 2.75) is 37.8 Å². The molecule has 0 aromatic carbocycles. The summed E-state index contributed by atoms with van der Waals surface area (Å²) in [5.41, 5.74) is 1.10. The maximum absolute atomic E-state index is 12.3. The number of pyridine rings is 1. The van der Waals surface area contributed by atoms with Crippen LogP contribution in [0.2, 0.25) is 0 Å². The van der Waals surface area contributed by atoms with Crippen molar-refractivity contribution in [1.82, 2.24) is 14.8 Å². The minimum Gasteiger partial charge on any atom is -0.338 e. The first-order chi connectivity index (χ1) is 9.25. The summed E-state index contributed by atoms with van der Waals surface area (Å²) in [6, 6.07) is 6.63. The van der Waals surface area contributed by atoms with Gasteiger partial charge in [-0.25, -0.2) is 0 Å². The Kier molecular flexibility index (Phi) is 3.51. The molecular weight excluding hydrogens is 238 g/mol. The third kappa shape index (κ3) is 2.78. The van der Waals surface area contributed by atoms with Gasteiger partial charge in [0.25, 0.3) is 0 Å². The van der Waals surface area contributed by atoms with Crippen LogP contribution in [0.3, 0.4) is 0 Å². The van der Waals surface area contributed by atoms with E-state index in [-0.39, 0.29) is 6.04 Å². The molecule has 1 aromatic rings. The molecule has 0 bridgehead atoms. The van der Waals surface area contributed by atoms with E-state index < -0.39 is 0 Å². The minimum absolute atomic E-state index is 0.0873. The fourth-order valence-corrected chi connectivity index (χ4v) is 2.84. The van der Waals surface area contributed by atoms with Gasteiger partial charge in [-0.2, -0.15) is 0 Å². The second kappa shape index (κ2) is 5.29. The van der Waals surface area contributed by atoms with E-state index in [1.807, 2.05) is 24.4 Å². The largest absolute Gasteiger partial charge is 0.338 e. The molecule has 1 amide bonds. The average molecular weight is 259 g/mol. The van der Waals surface area contributed by atoms with Crippen LogP contribution >= 0.6 is 0 Å². The van der Waals surface area contributed by atoms with Crippen LogP contribution < -0.4 is 0 Å². The Morgan fingerprint density at radius 2 is 2.21 bits per heavy atom. The Hall–Kier alpha value is -1.42. The molecule has 4 nitrogen and oxygen atoms in total. The van der Waals surface area contributed by atoms with E-state index in [0.29, 0.717) is 11.9 Å². The second-order valence-electron chi connectivity index (χ2n) is 5.62. The maximum Gasteiger partial charge on any atom is 0.240 e. The summed E-state index contributed by atoms with van der Waals surface area (Å²) < 4.78 is 0. The third-order valence-corrected chi connectivity index (χ3v) is 4.18. The second-order valence-corrected chi connectivity index (χ2v) is 5.62. The Balaban J connectivity index is 1.53. The molecule has 19 heavy (non-hydrogen) atoms. The van der Waals surface area contributed by atoms with Crippen LogP contribution in [0.1, 0.15) is 25.0 Å². The Morgan fingerprint density at radius 3 is 2.89 bits per heavy atom. The zero-order chi connectivity index (χ0) is 13.2. The van der Waals surface area contributed by atoms with E-state index in [4.69, 9.17) is 0 Å². The Labute approximate surface area is 114 Å². The van der Waals surface area contributed by atoms with Gasteiger partial charge in [0.05, 0.1) is 6.04 Å². The first-order valence-electron chi connectivity index (χ1n) is 7.16. The van der Waals surface area contributed by atoms with Crippen LogP contribution in [0.4, 0.5) is 0 Å². The Morgan fingerprint density at radius 1 is 1.37 bits per heavy atom. The predicted octanol–water partition coefficient (Wildman–Crippen LogP) is 1.32. The summed E-state index contributed by atoms with van der Waals surface area (Å²) in [5, 5.41) is 0. The summed E-state index contributed by atoms with van der Waals surface area (Å²) >= 11 is 0. The van der Waals surface area contributed by atoms with E-state index in [1.165, 1.54) is 12.8 Å². The SMILES string of the molecule is CN(CCc1ccccn1)C1CCN(C2CC2)C1=O. The van der Waals surface area contributed by atoms with Crippen molar-refractivity contribution in [1.29, 1.82) is 0 Å². The lowest BCUT2D eigenvalue weighted by Gasteiger charge is -2.23. The average Bonchev–Trinajstić information content (AvgIpc) is 3.20. The number of aromatic nitrogens is 1. The highest BCUT2D eigenvalue weighted by Gasteiger charge is 2.41. The zero-order valence-corrected chi connectivity index (χ0v) is 11.5. The molecule has 2 heterocycles. The highest BCUT2D eigenvalue weighted by Crippen LogP contribution is 2.31. The molecule has 1 atom stereocenters. The number of likely N-dealkylation sites (N-methyl/N-ethyl adjacent to an activating group) is 1. The minimum atomic E-state index is 0.0873. The molecular formula is C15H21N3O. The number of amides is 1. The number of carbonyl (C=O) groups excluding carboxylic acids is 1. The quantitative estimate of drug-likeness (QED) is 0.800. The highest BCUT2D eigenvalue weighted by molar-refractivity contribution is 5.84. The zero-order valence-electron chi connectivity index (χ0n) is 11.5. The van der Waals surface area contributed by atoms with E-state index in [0.717, 1.165) is 31.6 Å². The van der Waals surface area contributed by atoms with E-state index >= 15 is 0 Å². The van der Waals surface area contributed by atoms with E-state index in [2.05, 4.69) is 21.8 Å². The van der Waals surface area contributed by atoms with Crippen LogP contribution in [0.25, 0.3) is 0 Å². The normalized spacial score (nSPS) is 23.4. The van der Waals surface area contributed by atoms with E-state index in [1.54, 1.807) is 0 Å². The molecule has 4 heteroatoms. The molecule has 0 spiro atoms. The molecule has 0 N–H and O–H groups in total. The third-order valence-electron chi connectivity index (χ3n) is 4.18. The van der Waals surface area contributed by atoms with Crippen molar-refractivity contribution in [3.05, 3.63) is 30.1 Å². The van der Waals surface area contributed by atoms with Gasteiger partial charge in [0.1, 0.15) is 0 Å². The van der Waals surface area contributed by atoms with Crippen molar-refractivity contribution >= 4 is 5.91 Å². The number of nitrogens with zero attached hydrogens (tertiary/aromatic N) is 3. The van der Waals surface area contributed by atoms with Gasteiger partial charge in [0.2, 0.25) is 5.91 Å². The molecule has 1 saturated heterocycles. The fraction of sp³-hybridized carbons (Fsp3) is 0.600. The van der Waals surface area contributed by atoms with Crippen molar-refractivity contribution in [3.8, 4) is 0 Å². The molecule has 3 rings (SSSR count). The van der Waals surface area contributed by atoms with Crippen molar-refractivity contribution in [2.75, 3.05) is 20.1 Å². The van der Waals surface area contributed by atoms with Crippen LogP contribution in [0.15, 0.2) is 24.4 Å². The molecule has 2 aliphatic rings. The molecule has 1 saturated carbocycles. The molecule has 102 valence electrons. The van der Waals surface area contributed by atoms with Crippen LogP contribution in [0, 0.1) is 0 Å². The molecule has 1 aliphatic carbocycles. The van der Waals surface area contributed by atoms with Gasteiger partial charge < -0.3 is 4.90 Å². The number of rotatable bonds is 5. The van der Waals surface area contributed by atoms with Crippen LogP contribution in [0.5, 0.6) is 0 Å². The van der Waals surface area contributed by atoms with Crippen LogP contribution in [-0.2, 0) is 11.2 Å². The molecule has 1 aliphatic heterocycles. The topological polar surface area (TPSA) is 36.4 Å². The monoisotopic (exact) mass is 259 g/mol. The van der Waals surface area contributed by atoms with Gasteiger partial charge >= 0.3 is 0 Å². The lowest BCUT2D eigenvalue weighted by atomic mass is 10.2. The molecule has 2 fully saturated rings. The molecule has 1 unspecified atom stereocenters. The van der Waals surface area contributed by atoms with Gasteiger partial charge in [-0.15, -0.1) is 0 Å². The van der Waals surface area contributed by atoms with Gasteiger partial charge in [-0.1, -0.05) is 6.07 Å². The standard InChI is InChI=1S/C15H21N3O/c1-17(10-7-12-4-2-3-9-16-12)14-8-11-18(15(14)19)13-5-6-13/h2-4,9,13-14H,5-8,10-11H2,1H3. The molecule has 0 radical (unpaired) electrons. The van der Waals surface area contributed by atoms with Crippen LogP contribution in [-0.4, -0.2) is 52.9 Å². The number of hydrogen-bond donors (Lipinski definition) is 0. The van der Waals surface area contributed by atoms with Gasteiger partial charge in [-0.3, -0.25) is 14.7 Å². The van der Waals surface area contributed by atoms with Gasteiger partial charge in [0.15, 0.2) is 0 Å². The maximum atomic E-state index is 12.3. The predicted molar refractivity (Wildman–Crippen MR) is 73.7 cm³/mol. The van der Waals surface area contributed by atoms with Gasteiger partial charge in [-0.05, 0) is 38.4 Å². The summed E-state index contributed by atoms with van der Waals surface area (Å²) in [4.78, 5) is 20.9. The highest BCUT2D eigenvalue weighted by atomic mass is 16.2. The van der Waals surface area contributed by atoms with Gasteiger partial charge in [0, 0.05) is 37.4 Å². The summed E-state index contributed by atoms with van der Waals surface area (Å²) in [7, 11) is 2.06. The summed E-state index contributed by atoms with van der Waals surface area (Å²) in [6.07, 6.45) is 6.12. The van der Waals surface area contributed by atoms with Crippen molar-refractivity contribution in [3.63, 3.8) is 0 Å². The van der Waals surface area contributed by atoms with Crippen molar-refractivity contribution in [2.24, 2.45) is 0 Å².